The quantitative estimate of drug-likeness (QED) is 0.686. The van der Waals surface area contributed by atoms with Gasteiger partial charge in [0.2, 0.25) is 5.91 Å². The summed E-state index contributed by atoms with van der Waals surface area (Å²) in [5.74, 6) is 1.33. The molecule has 29 heavy (non-hydrogen) atoms. The first-order valence-corrected chi connectivity index (χ1v) is 9.61. The third-order valence-corrected chi connectivity index (χ3v) is 4.73. The molecule has 0 aromatic heterocycles. The van der Waals surface area contributed by atoms with Crippen LogP contribution in [0.1, 0.15) is 30.5 Å². The van der Waals surface area contributed by atoms with E-state index in [-0.39, 0.29) is 30.4 Å². The zero-order valence-electron chi connectivity index (χ0n) is 16.9. The first kappa shape index (κ1) is 23.0. The van der Waals surface area contributed by atoms with Gasteiger partial charge in [-0.3, -0.25) is 4.79 Å². The van der Waals surface area contributed by atoms with Crippen LogP contribution >= 0.6 is 12.4 Å². The molecule has 1 fully saturated rings. The molecule has 7 heteroatoms. The Morgan fingerprint density at radius 1 is 1.24 bits per heavy atom. The van der Waals surface area contributed by atoms with Gasteiger partial charge in [-0.2, -0.15) is 0 Å². The first-order chi connectivity index (χ1) is 13.7. The molecule has 2 aromatic carbocycles. The van der Waals surface area contributed by atoms with Gasteiger partial charge in [-0.1, -0.05) is 36.4 Å². The summed E-state index contributed by atoms with van der Waals surface area (Å²) in [5, 5.41) is 6.34. The van der Waals surface area contributed by atoms with Crippen LogP contribution in [-0.4, -0.2) is 38.8 Å². The predicted octanol–water partition coefficient (Wildman–Crippen LogP) is 3.25. The average molecular weight is 421 g/mol. The van der Waals surface area contributed by atoms with Gasteiger partial charge < -0.3 is 24.8 Å². The van der Waals surface area contributed by atoms with Crippen molar-refractivity contribution in [2.75, 3.05) is 26.9 Å². The van der Waals surface area contributed by atoms with Crippen molar-refractivity contribution in [3.8, 4) is 11.5 Å². The van der Waals surface area contributed by atoms with E-state index in [1.165, 1.54) is 0 Å². The van der Waals surface area contributed by atoms with Gasteiger partial charge in [0, 0.05) is 19.0 Å². The fraction of sp³-hybridized carbons (Fsp3) is 0.409. The van der Waals surface area contributed by atoms with Gasteiger partial charge in [-0.05, 0) is 30.2 Å². The number of hydrogen-bond donors (Lipinski definition) is 2. The summed E-state index contributed by atoms with van der Waals surface area (Å²) in [7, 11) is 1.62. The number of hydrogen-bond acceptors (Lipinski definition) is 5. The minimum absolute atomic E-state index is 0. The molecule has 1 amide bonds. The SMILES string of the molecule is COc1cc(C(C)NC(=O)CC2COCCN2)ccc1OCc1ccccc1.Cl. The van der Waals surface area contributed by atoms with Crippen molar-refractivity contribution < 1.29 is 19.0 Å². The molecular weight excluding hydrogens is 392 g/mol. The molecule has 0 saturated carbocycles. The second-order valence-corrected chi connectivity index (χ2v) is 6.90. The molecule has 0 bridgehead atoms. The summed E-state index contributed by atoms with van der Waals surface area (Å²) < 4.78 is 16.8. The van der Waals surface area contributed by atoms with E-state index in [1.54, 1.807) is 7.11 Å². The number of morpholine rings is 1. The van der Waals surface area contributed by atoms with Gasteiger partial charge in [0.05, 0.1) is 26.4 Å². The molecule has 1 aliphatic rings. The number of ether oxygens (including phenoxy) is 3. The zero-order chi connectivity index (χ0) is 19.8. The third-order valence-electron chi connectivity index (χ3n) is 4.73. The Bertz CT molecular complexity index is 767. The molecule has 2 N–H and O–H groups in total. The minimum atomic E-state index is -0.130. The van der Waals surface area contributed by atoms with Crippen molar-refractivity contribution in [1.29, 1.82) is 0 Å². The Kier molecular flexibility index (Phi) is 9.25. The molecule has 2 aromatic rings. The molecular formula is C22H29ClN2O4. The van der Waals surface area contributed by atoms with Gasteiger partial charge in [-0.25, -0.2) is 0 Å². The molecule has 0 aliphatic carbocycles. The maximum atomic E-state index is 12.3. The Morgan fingerprint density at radius 2 is 2.03 bits per heavy atom. The summed E-state index contributed by atoms with van der Waals surface area (Å²) in [6.07, 6.45) is 0.403. The van der Waals surface area contributed by atoms with Gasteiger partial charge in [0.1, 0.15) is 6.61 Å². The molecule has 158 valence electrons. The smallest absolute Gasteiger partial charge is 0.222 e. The van der Waals surface area contributed by atoms with Crippen LogP contribution in [0.25, 0.3) is 0 Å². The lowest BCUT2D eigenvalue weighted by atomic mass is 10.1. The minimum Gasteiger partial charge on any atom is -0.493 e. The van der Waals surface area contributed by atoms with Crippen molar-refractivity contribution in [1.82, 2.24) is 10.6 Å². The van der Waals surface area contributed by atoms with Crippen molar-refractivity contribution in [2.45, 2.75) is 32.0 Å². The number of carbonyl (C=O) groups is 1. The summed E-state index contributed by atoms with van der Waals surface area (Å²) in [4.78, 5) is 12.3. The fourth-order valence-electron chi connectivity index (χ4n) is 3.17. The van der Waals surface area contributed by atoms with Crippen LogP contribution in [0, 0.1) is 0 Å². The fourth-order valence-corrected chi connectivity index (χ4v) is 3.17. The number of halogens is 1. The summed E-state index contributed by atoms with van der Waals surface area (Å²) >= 11 is 0. The number of amides is 1. The third kappa shape index (κ3) is 6.92. The molecule has 6 nitrogen and oxygen atoms in total. The summed E-state index contributed by atoms with van der Waals surface area (Å²) in [5.41, 5.74) is 2.06. The van der Waals surface area contributed by atoms with Crippen LogP contribution < -0.4 is 20.1 Å². The van der Waals surface area contributed by atoms with Crippen LogP contribution in [0.2, 0.25) is 0 Å². The number of methoxy groups -OCH3 is 1. The second kappa shape index (κ2) is 11.7. The van der Waals surface area contributed by atoms with Crippen LogP contribution in [0.3, 0.4) is 0 Å². The van der Waals surface area contributed by atoms with Crippen molar-refractivity contribution in [3.63, 3.8) is 0 Å². The highest BCUT2D eigenvalue weighted by atomic mass is 35.5. The first-order valence-electron chi connectivity index (χ1n) is 9.61. The molecule has 1 aliphatic heterocycles. The Morgan fingerprint density at radius 3 is 2.72 bits per heavy atom. The highest BCUT2D eigenvalue weighted by Crippen LogP contribution is 2.31. The molecule has 0 spiro atoms. The maximum absolute atomic E-state index is 12.3. The van der Waals surface area contributed by atoms with E-state index in [0.29, 0.717) is 37.7 Å². The van der Waals surface area contributed by atoms with E-state index < -0.39 is 0 Å². The van der Waals surface area contributed by atoms with Crippen LogP contribution in [0.15, 0.2) is 48.5 Å². The van der Waals surface area contributed by atoms with Gasteiger partial charge >= 0.3 is 0 Å². The van der Waals surface area contributed by atoms with E-state index in [0.717, 1.165) is 17.7 Å². The molecule has 1 heterocycles. The number of benzene rings is 2. The normalized spacial score (nSPS) is 17.0. The molecule has 2 unspecified atom stereocenters. The Balaban J connectivity index is 0.00000300. The monoisotopic (exact) mass is 420 g/mol. The van der Waals surface area contributed by atoms with Crippen molar-refractivity contribution in [3.05, 3.63) is 59.7 Å². The van der Waals surface area contributed by atoms with E-state index in [9.17, 15) is 4.79 Å². The zero-order valence-corrected chi connectivity index (χ0v) is 17.7. The van der Waals surface area contributed by atoms with Gasteiger partial charge in [0.15, 0.2) is 11.5 Å². The van der Waals surface area contributed by atoms with E-state index >= 15 is 0 Å². The lowest BCUT2D eigenvalue weighted by Gasteiger charge is -2.24. The average Bonchev–Trinajstić information content (AvgIpc) is 2.73. The van der Waals surface area contributed by atoms with E-state index in [1.807, 2.05) is 55.5 Å². The van der Waals surface area contributed by atoms with Gasteiger partial charge in [0.25, 0.3) is 0 Å². The molecule has 1 saturated heterocycles. The van der Waals surface area contributed by atoms with E-state index in [4.69, 9.17) is 14.2 Å². The number of rotatable bonds is 8. The molecule has 2 atom stereocenters. The molecule has 0 radical (unpaired) electrons. The lowest BCUT2D eigenvalue weighted by molar-refractivity contribution is -0.122. The second-order valence-electron chi connectivity index (χ2n) is 6.90. The van der Waals surface area contributed by atoms with Crippen LogP contribution in [0.5, 0.6) is 11.5 Å². The Hall–Kier alpha value is -2.28. The van der Waals surface area contributed by atoms with E-state index in [2.05, 4.69) is 10.6 Å². The van der Waals surface area contributed by atoms with Crippen molar-refractivity contribution in [2.24, 2.45) is 0 Å². The number of nitrogens with one attached hydrogen (secondary N) is 2. The molecule has 3 rings (SSSR count). The maximum Gasteiger partial charge on any atom is 0.222 e. The summed E-state index contributed by atoms with van der Waals surface area (Å²) in [6, 6.07) is 15.7. The number of carbonyl (C=O) groups excluding carboxylic acids is 1. The largest absolute Gasteiger partial charge is 0.493 e. The Labute approximate surface area is 178 Å². The van der Waals surface area contributed by atoms with Crippen LogP contribution in [-0.2, 0) is 16.1 Å². The standard InChI is InChI=1S/C22H28N2O4.ClH/c1-16(24-22(25)13-19-15-27-11-10-23-19)18-8-9-20(21(12-18)26-2)28-14-17-6-4-3-5-7-17;/h3-9,12,16,19,23H,10-11,13-15H2,1-2H3,(H,24,25);1H. The topological polar surface area (TPSA) is 68.8 Å². The van der Waals surface area contributed by atoms with Crippen LogP contribution in [0.4, 0.5) is 0 Å². The lowest BCUT2D eigenvalue weighted by Crippen LogP contribution is -2.44. The highest BCUT2D eigenvalue weighted by molar-refractivity contribution is 5.85. The van der Waals surface area contributed by atoms with Gasteiger partial charge in [-0.15, -0.1) is 12.4 Å². The highest BCUT2D eigenvalue weighted by Gasteiger charge is 2.19. The summed E-state index contributed by atoms with van der Waals surface area (Å²) in [6.45, 7) is 4.49. The predicted molar refractivity (Wildman–Crippen MR) is 115 cm³/mol. The van der Waals surface area contributed by atoms with Crippen molar-refractivity contribution >= 4 is 18.3 Å².